The number of carbonyl (C=O) groups excluding carboxylic acids is 1. The van der Waals surface area contributed by atoms with Crippen LogP contribution in [0, 0.1) is 6.92 Å². The quantitative estimate of drug-likeness (QED) is 0.807. The fourth-order valence-electron chi connectivity index (χ4n) is 1.99. The number of rotatable bonds is 3. The van der Waals surface area contributed by atoms with Crippen molar-refractivity contribution in [2.75, 3.05) is 5.32 Å². The lowest BCUT2D eigenvalue weighted by Crippen LogP contribution is -2.16. The molecule has 2 aromatic heterocycles. The Morgan fingerprint density at radius 1 is 1.27 bits per heavy atom. The van der Waals surface area contributed by atoms with Gasteiger partial charge in [0, 0.05) is 12.4 Å². The van der Waals surface area contributed by atoms with Gasteiger partial charge in [0.2, 0.25) is 0 Å². The Bertz CT molecular complexity index is 817. The molecule has 7 heteroatoms. The molecule has 0 fully saturated rings. The normalized spacial score (nSPS) is 10.5. The number of anilines is 1. The summed E-state index contributed by atoms with van der Waals surface area (Å²) in [5.41, 5.74) is 1.51. The van der Waals surface area contributed by atoms with Crippen molar-refractivity contribution in [3.63, 3.8) is 0 Å². The van der Waals surface area contributed by atoms with Gasteiger partial charge in [-0.1, -0.05) is 23.7 Å². The molecular weight excluding hydrogens is 302 g/mol. The maximum atomic E-state index is 12.4. The Hall–Kier alpha value is -2.73. The van der Waals surface area contributed by atoms with Crippen LogP contribution in [0.25, 0.3) is 5.69 Å². The summed E-state index contributed by atoms with van der Waals surface area (Å²) in [6.45, 7) is 1.70. The van der Waals surface area contributed by atoms with Crippen molar-refractivity contribution in [1.29, 1.82) is 0 Å². The first-order chi connectivity index (χ1) is 10.6. The van der Waals surface area contributed by atoms with Gasteiger partial charge in [-0.05, 0) is 25.1 Å². The molecular formula is C15H12ClN5O. The van der Waals surface area contributed by atoms with Crippen LogP contribution in [-0.2, 0) is 0 Å². The van der Waals surface area contributed by atoms with Crippen molar-refractivity contribution in [2.24, 2.45) is 0 Å². The molecule has 0 unspecified atom stereocenters. The Labute approximate surface area is 131 Å². The average molecular weight is 314 g/mol. The number of hydrogen-bond acceptors (Lipinski definition) is 4. The molecule has 0 spiro atoms. The molecule has 1 aromatic carbocycles. The number of para-hydroxylation sites is 2. The third-order valence-corrected chi connectivity index (χ3v) is 3.26. The zero-order valence-electron chi connectivity index (χ0n) is 11.7. The van der Waals surface area contributed by atoms with Gasteiger partial charge in [-0.25, -0.2) is 14.6 Å². The van der Waals surface area contributed by atoms with Crippen LogP contribution in [0.15, 0.2) is 48.9 Å². The van der Waals surface area contributed by atoms with Crippen LogP contribution < -0.4 is 5.32 Å². The smallest absolute Gasteiger partial charge is 0.276 e. The summed E-state index contributed by atoms with van der Waals surface area (Å²) in [5.74, 6) is 0.0880. The predicted molar refractivity (Wildman–Crippen MR) is 83.3 cm³/mol. The maximum Gasteiger partial charge on any atom is 0.276 e. The molecule has 22 heavy (non-hydrogen) atoms. The number of nitrogens with one attached hydrogen (secondary N) is 1. The summed E-state index contributed by atoms with van der Waals surface area (Å²) in [4.78, 5) is 20.4. The van der Waals surface area contributed by atoms with E-state index in [-0.39, 0.29) is 10.7 Å². The van der Waals surface area contributed by atoms with Gasteiger partial charge in [-0.15, -0.1) is 0 Å². The van der Waals surface area contributed by atoms with Crippen LogP contribution in [0.2, 0.25) is 5.02 Å². The molecule has 0 saturated heterocycles. The molecule has 0 saturated carbocycles. The number of aromatic nitrogens is 4. The average Bonchev–Trinajstić information content (AvgIpc) is 3.04. The van der Waals surface area contributed by atoms with Crippen molar-refractivity contribution in [2.45, 2.75) is 6.92 Å². The van der Waals surface area contributed by atoms with Crippen LogP contribution in [0.4, 0.5) is 5.69 Å². The molecule has 0 aliphatic heterocycles. The Morgan fingerprint density at radius 2 is 2.09 bits per heavy atom. The highest BCUT2D eigenvalue weighted by Gasteiger charge is 2.15. The minimum absolute atomic E-state index is 0.143. The van der Waals surface area contributed by atoms with Crippen molar-refractivity contribution in [3.05, 3.63) is 65.5 Å². The lowest BCUT2D eigenvalue weighted by Gasteiger charge is -2.11. The van der Waals surface area contributed by atoms with E-state index >= 15 is 0 Å². The first-order valence-corrected chi connectivity index (χ1v) is 6.92. The van der Waals surface area contributed by atoms with Gasteiger partial charge in [-0.3, -0.25) is 4.79 Å². The topological polar surface area (TPSA) is 72.7 Å². The molecule has 1 N–H and O–H groups in total. The summed E-state index contributed by atoms with van der Waals surface area (Å²) in [5, 5.41) is 7.19. The minimum Gasteiger partial charge on any atom is -0.319 e. The summed E-state index contributed by atoms with van der Waals surface area (Å²) < 4.78 is 1.67. The molecule has 0 aliphatic carbocycles. The van der Waals surface area contributed by atoms with E-state index in [0.717, 1.165) is 5.69 Å². The second-order valence-corrected chi connectivity index (χ2v) is 4.94. The van der Waals surface area contributed by atoms with Gasteiger partial charge in [0.25, 0.3) is 5.91 Å². The zero-order valence-corrected chi connectivity index (χ0v) is 12.4. The second-order valence-electron chi connectivity index (χ2n) is 4.54. The van der Waals surface area contributed by atoms with Crippen molar-refractivity contribution >= 4 is 23.2 Å². The fourth-order valence-corrected chi connectivity index (χ4v) is 2.16. The van der Waals surface area contributed by atoms with Gasteiger partial charge in [-0.2, -0.15) is 5.10 Å². The van der Waals surface area contributed by atoms with E-state index in [9.17, 15) is 4.79 Å². The van der Waals surface area contributed by atoms with E-state index < -0.39 is 5.91 Å². The van der Waals surface area contributed by atoms with Crippen LogP contribution in [0.5, 0.6) is 0 Å². The summed E-state index contributed by atoms with van der Waals surface area (Å²) in [6, 6.07) is 9.15. The lowest BCUT2D eigenvalue weighted by atomic mass is 10.2. The molecule has 3 aromatic rings. The molecule has 0 bridgehead atoms. The van der Waals surface area contributed by atoms with Gasteiger partial charge < -0.3 is 5.32 Å². The highest BCUT2D eigenvalue weighted by Crippen LogP contribution is 2.21. The number of benzene rings is 1. The van der Waals surface area contributed by atoms with E-state index in [4.69, 9.17) is 11.6 Å². The second kappa shape index (κ2) is 5.95. The molecule has 1 amide bonds. The van der Waals surface area contributed by atoms with Gasteiger partial charge in [0.1, 0.15) is 5.82 Å². The fraction of sp³-hybridized carbons (Fsp3) is 0.0667. The highest BCUT2D eigenvalue weighted by molar-refractivity contribution is 6.33. The zero-order chi connectivity index (χ0) is 15.5. The van der Waals surface area contributed by atoms with Crippen molar-refractivity contribution < 1.29 is 4.79 Å². The predicted octanol–water partition coefficient (Wildman–Crippen LogP) is 2.88. The molecule has 110 valence electrons. The lowest BCUT2D eigenvalue weighted by molar-refractivity contribution is 0.102. The first-order valence-electron chi connectivity index (χ1n) is 6.54. The van der Waals surface area contributed by atoms with Gasteiger partial charge in [0.05, 0.1) is 22.6 Å². The van der Waals surface area contributed by atoms with Crippen LogP contribution in [-0.4, -0.2) is 25.7 Å². The Morgan fingerprint density at radius 3 is 2.86 bits per heavy atom. The third kappa shape index (κ3) is 2.82. The highest BCUT2D eigenvalue weighted by atomic mass is 35.5. The molecule has 6 nitrogen and oxygen atoms in total. The molecule has 0 aliphatic rings. The molecule has 0 atom stereocenters. The number of halogens is 1. The number of nitrogens with zero attached hydrogens (tertiary/aromatic N) is 4. The number of amides is 1. The van der Waals surface area contributed by atoms with Crippen molar-refractivity contribution in [3.8, 4) is 5.69 Å². The standard InChI is InChI=1S/C15H12ClN5O/c1-10-17-9-11(16)14(19-10)15(22)20-12-5-2-3-6-13(12)21-8-4-7-18-21/h2-9H,1H3,(H,20,22). The Balaban J connectivity index is 1.94. The van der Waals surface area contributed by atoms with Gasteiger partial charge in [0.15, 0.2) is 5.69 Å². The SMILES string of the molecule is Cc1ncc(Cl)c(C(=O)Nc2ccccc2-n2cccn2)n1. The number of aryl methyl sites for hydroxylation is 1. The van der Waals surface area contributed by atoms with Gasteiger partial charge >= 0.3 is 0 Å². The molecule has 3 rings (SSSR count). The number of carbonyl (C=O) groups is 1. The largest absolute Gasteiger partial charge is 0.319 e. The summed E-state index contributed by atoms with van der Waals surface area (Å²) in [7, 11) is 0. The third-order valence-electron chi connectivity index (χ3n) is 2.98. The summed E-state index contributed by atoms with van der Waals surface area (Å²) >= 11 is 5.99. The van der Waals surface area contributed by atoms with Crippen LogP contribution >= 0.6 is 11.6 Å². The minimum atomic E-state index is -0.393. The first kappa shape index (κ1) is 14.2. The monoisotopic (exact) mass is 313 g/mol. The van der Waals surface area contributed by atoms with E-state index in [0.29, 0.717) is 11.5 Å². The number of hydrogen-bond donors (Lipinski definition) is 1. The molecule has 0 radical (unpaired) electrons. The van der Waals surface area contributed by atoms with Crippen LogP contribution in [0.1, 0.15) is 16.3 Å². The Kier molecular flexibility index (Phi) is 3.84. The van der Waals surface area contributed by atoms with E-state index in [1.54, 1.807) is 30.1 Å². The van der Waals surface area contributed by atoms with E-state index in [2.05, 4.69) is 20.4 Å². The van der Waals surface area contributed by atoms with E-state index in [1.165, 1.54) is 6.20 Å². The summed E-state index contributed by atoms with van der Waals surface area (Å²) in [6.07, 6.45) is 4.88. The van der Waals surface area contributed by atoms with E-state index in [1.807, 2.05) is 24.3 Å². The van der Waals surface area contributed by atoms with Crippen LogP contribution in [0.3, 0.4) is 0 Å². The van der Waals surface area contributed by atoms with Crippen molar-refractivity contribution in [1.82, 2.24) is 19.7 Å². The maximum absolute atomic E-state index is 12.4. The molecule has 2 heterocycles.